The zero-order valence-corrected chi connectivity index (χ0v) is 13.1. The monoisotopic (exact) mass is 320 g/mol. The molecule has 0 radical (unpaired) electrons. The molecular weight excluding hydrogens is 294 g/mol. The summed E-state index contributed by atoms with van der Waals surface area (Å²) >= 11 is 0. The Bertz CT molecular complexity index is 366. The maximum Gasteiger partial charge on any atom is 0.251 e. The number of nitrogens with two attached hydrogens (primary N) is 1. The number of ether oxygens (including phenoxy) is 2. The molecule has 2 atom stereocenters. The van der Waals surface area contributed by atoms with Crippen LogP contribution in [0.15, 0.2) is 0 Å². The minimum absolute atomic E-state index is 0.0617. The summed E-state index contributed by atoms with van der Waals surface area (Å²) in [7, 11) is 0. The highest BCUT2D eigenvalue weighted by Gasteiger charge is 2.37. The first-order chi connectivity index (χ1) is 10.4. The average Bonchev–Trinajstić information content (AvgIpc) is 2.52. The van der Waals surface area contributed by atoms with Gasteiger partial charge in [0.15, 0.2) is 0 Å². The van der Waals surface area contributed by atoms with Crippen LogP contribution >= 0.6 is 0 Å². The van der Waals surface area contributed by atoms with Gasteiger partial charge in [-0.25, -0.2) is 8.78 Å². The number of halogens is 2. The van der Waals surface area contributed by atoms with Crippen LogP contribution in [0.1, 0.15) is 32.6 Å². The van der Waals surface area contributed by atoms with Crippen LogP contribution in [0.5, 0.6) is 0 Å². The van der Waals surface area contributed by atoms with E-state index in [9.17, 15) is 13.6 Å². The molecule has 0 aromatic rings. The van der Waals surface area contributed by atoms with Gasteiger partial charge in [-0.15, -0.1) is 0 Å². The molecule has 2 rings (SSSR count). The SMILES string of the molecule is C[C@@H](OCC1CCOCC1)[C@H](N)C(=O)N1CCC(F)(F)CC1. The van der Waals surface area contributed by atoms with Crippen molar-refractivity contribution < 1.29 is 23.0 Å². The number of rotatable bonds is 5. The number of piperidine rings is 1. The molecule has 2 aliphatic heterocycles. The van der Waals surface area contributed by atoms with Crippen molar-refractivity contribution in [2.24, 2.45) is 11.7 Å². The lowest BCUT2D eigenvalue weighted by molar-refractivity contribution is -0.142. The van der Waals surface area contributed by atoms with Crippen molar-refractivity contribution in [3.63, 3.8) is 0 Å². The van der Waals surface area contributed by atoms with Gasteiger partial charge < -0.3 is 20.1 Å². The molecular formula is C15H26F2N2O3. The lowest BCUT2D eigenvalue weighted by Gasteiger charge is -2.34. The number of carbonyl (C=O) groups is 1. The summed E-state index contributed by atoms with van der Waals surface area (Å²) in [6.45, 7) is 3.94. The Kier molecular flexibility index (Phi) is 6.11. The molecule has 2 aliphatic rings. The highest BCUT2D eigenvalue weighted by atomic mass is 19.3. The zero-order valence-electron chi connectivity index (χ0n) is 13.1. The van der Waals surface area contributed by atoms with Crippen molar-refractivity contribution in [1.29, 1.82) is 0 Å². The number of hydrogen-bond donors (Lipinski definition) is 1. The lowest BCUT2D eigenvalue weighted by atomic mass is 10.0. The van der Waals surface area contributed by atoms with E-state index in [4.69, 9.17) is 15.2 Å². The van der Waals surface area contributed by atoms with Crippen LogP contribution in [-0.4, -0.2) is 61.8 Å². The number of carbonyl (C=O) groups excluding carboxylic acids is 1. The Morgan fingerprint density at radius 3 is 2.55 bits per heavy atom. The molecule has 2 saturated heterocycles. The van der Waals surface area contributed by atoms with E-state index in [-0.39, 0.29) is 31.8 Å². The third kappa shape index (κ3) is 4.86. The van der Waals surface area contributed by atoms with E-state index in [1.165, 1.54) is 4.90 Å². The normalized spacial score (nSPS) is 25.7. The smallest absolute Gasteiger partial charge is 0.251 e. The summed E-state index contributed by atoms with van der Waals surface area (Å²) in [6.07, 6.45) is 0.914. The van der Waals surface area contributed by atoms with Gasteiger partial charge >= 0.3 is 0 Å². The Morgan fingerprint density at radius 1 is 1.36 bits per heavy atom. The minimum atomic E-state index is -2.66. The van der Waals surface area contributed by atoms with Gasteiger partial charge in [0.2, 0.25) is 5.91 Å². The molecule has 0 aromatic carbocycles. The van der Waals surface area contributed by atoms with Gasteiger partial charge in [0.05, 0.1) is 12.7 Å². The van der Waals surface area contributed by atoms with Gasteiger partial charge in [-0.1, -0.05) is 0 Å². The minimum Gasteiger partial charge on any atom is -0.381 e. The van der Waals surface area contributed by atoms with E-state index in [2.05, 4.69) is 0 Å². The van der Waals surface area contributed by atoms with Crippen LogP contribution in [0.2, 0.25) is 0 Å². The maximum absolute atomic E-state index is 13.1. The van der Waals surface area contributed by atoms with Crippen LogP contribution < -0.4 is 5.73 Å². The molecule has 2 N–H and O–H groups in total. The van der Waals surface area contributed by atoms with Crippen molar-refractivity contribution in [1.82, 2.24) is 4.90 Å². The first-order valence-corrected chi connectivity index (χ1v) is 8.00. The molecule has 0 bridgehead atoms. The molecule has 0 unspecified atom stereocenters. The third-order valence-electron chi connectivity index (χ3n) is 4.53. The molecule has 7 heteroatoms. The molecule has 2 fully saturated rings. The number of amides is 1. The Morgan fingerprint density at radius 2 is 1.95 bits per heavy atom. The molecule has 2 heterocycles. The number of hydrogen-bond acceptors (Lipinski definition) is 4. The number of nitrogens with zero attached hydrogens (tertiary/aromatic N) is 1. The molecule has 22 heavy (non-hydrogen) atoms. The molecule has 0 spiro atoms. The van der Waals surface area contributed by atoms with Gasteiger partial charge in [0, 0.05) is 39.1 Å². The van der Waals surface area contributed by atoms with Gasteiger partial charge in [0.25, 0.3) is 5.92 Å². The lowest BCUT2D eigenvalue weighted by Crippen LogP contribution is -2.53. The standard InChI is InChI=1S/C15H26F2N2O3/c1-11(22-10-12-2-8-21-9-3-12)13(18)14(20)19-6-4-15(16,17)5-7-19/h11-13H,2-10,18H2,1H3/t11-,13+/m1/s1. The molecule has 1 amide bonds. The zero-order chi connectivity index (χ0) is 16.2. The predicted octanol–water partition coefficient (Wildman–Crippen LogP) is 1.40. The second kappa shape index (κ2) is 7.66. The molecule has 0 saturated carbocycles. The highest BCUT2D eigenvalue weighted by molar-refractivity contribution is 5.82. The Balaban J connectivity index is 1.74. The maximum atomic E-state index is 13.1. The van der Waals surface area contributed by atoms with E-state index in [1.807, 2.05) is 0 Å². The number of alkyl halides is 2. The van der Waals surface area contributed by atoms with Gasteiger partial charge in [-0.2, -0.15) is 0 Å². The molecule has 128 valence electrons. The van der Waals surface area contributed by atoms with E-state index in [1.54, 1.807) is 6.92 Å². The molecule has 0 aromatic heterocycles. The van der Waals surface area contributed by atoms with Crippen molar-refractivity contribution in [2.45, 2.75) is 50.7 Å². The highest BCUT2D eigenvalue weighted by Crippen LogP contribution is 2.28. The van der Waals surface area contributed by atoms with Crippen LogP contribution in [0.3, 0.4) is 0 Å². The summed E-state index contributed by atoms with van der Waals surface area (Å²) in [5.41, 5.74) is 5.95. The largest absolute Gasteiger partial charge is 0.381 e. The second-order valence-electron chi connectivity index (χ2n) is 6.30. The topological polar surface area (TPSA) is 64.8 Å². The van der Waals surface area contributed by atoms with Crippen LogP contribution in [0.25, 0.3) is 0 Å². The van der Waals surface area contributed by atoms with Crippen molar-refractivity contribution in [3.05, 3.63) is 0 Å². The Hall–Kier alpha value is -0.790. The van der Waals surface area contributed by atoms with E-state index in [0.29, 0.717) is 12.5 Å². The third-order valence-corrected chi connectivity index (χ3v) is 4.53. The van der Waals surface area contributed by atoms with Gasteiger partial charge in [-0.3, -0.25) is 4.79 Å². The van der Waals surface area contributed by atoms with Crippen LogP contribution in [0.4, 0.5) is 8.78 Å². The van der Waals surface area contributed by atoms with Gasteiger partial charge in [0.1, 0.15) is 6.04 Å². The van der Waals surface area contributed by atoms with E-state index in [0.717, 1.165) is 26.1 Å². The van der Waals surface area contributed by atoms with Gasteiger partial charge in [-0.05, 0) is 25.7 Å². The first-order valence-electron chi connectivity index (χ1n) is 8.00. The summed E-state index contributed by atoms with van der Waals surface area (Å²) in [4.78, 5) is 13.7. The summed E-state index contributed by atoms with van der Waals surface area (Å²) in [5, 5.41) is 0. The first kappa shape index (κ1) is 17.6. The second-order valence-corrected chi connectivity index (χ2v) is 6.30. The van der Waals surface area contributed by atoms with E-state index >= 15 is 0 Å². The average molecular weight is 320 g/mol. The van der Waals surface area contributed by atoms with E-state index < -0.39 is 18.1 Å². The predicted molar refractivity (Wildman–Crippen MR) is 77.7 cm³/mol. The molecule has 5 nitrogen and oxygen atoms in total. The fourth-order valence-electron chi connectivity index (χ4n) is 2.77. The summed E-state index contributed by atoms with van der Waals surface area (Å²) in [6, 6.07) is -0.799. The number of likely N-dealkylation sites (tertiary alicyclic amines) is 1. The molecule has 0 aliphatic carbocycles. The fraction of sp³-hybridized carbons (Fsp3) is 0.933. The fourth-order valence-corrected chi connectivity index (χ4v) is 2.77. The van der Waals surface area contributed by atoms with Crippen LogP contribution in [0, 0.1) is 5.92 Å². The van der Waals surface area contributed by atoms with Crippen LogP contribution in [-0.2, 0) is 14.3 Å². The van der Waals surface area contributed by atoms with Crippen molar-refractivity contribution >= 4 is 5.91 Å². The van der Waals surface area contributed by atoms with Crippen molar-refractivity contribution in [3.8, 4) is 0 Å². The quantitative estimate of drug-likeness (QED) is 0.832. The summed E-state index contributed by atoms with van der Waals surface area (Å²) in [5.74, 6) is -2.52. The van der Waals surface area contributed by atoms with Crippen molar-refractivity contribution in [2.75, 3.05) is 32.9 Å². The Labute approximate surface area is 130 Å². The summed E-state index contributed by atoms with van der Waals surface area (Å²) < 4.78 is 37.3.